The molecular weight excluding hydrogens is 424 g/mol. The molecule has 2 N–H and O–H groups in total. The lowest BCUT2D eigenvalue weighted by Gasteiger charge is -2.13. The number of carbonyl (C=O) groups excluding carboxylic acids is 1. The van der Waals surface area contributed by atoms with Crippen molar-refractivity contribution in [2.24, 2.45) is 0 Å². The van der Waals surface area contributed by atoms with E-state index >= 15 is 0 Å². The predicted octanol–water partition coefficient (Wildman–Crippen LogP) is 2.63. The molecule has 7 nitrogen and oxygen atoms in total. The summed E-state index contributed by atoms with van der Waals surface area (Å²) in [4.78, 5) is 12.0. The van der Waals surface area contributed by atoms with Crippen molar-refractivity contribution in [1.82, 2.24) is 5.32 Å². The Morgan fingerprint density at radius 2 is 1.81 bits per heavy atom. The molecule has 0 aliphatic rings. The van der Waals surface area contributed by atoms with Crippen LogP contribution in [0, 0.1) is 0 Å². The van der Waals surface area contributed by atoms with Crippen molar-refractivity contribution < 1.29 is 22.7 Å². The molecule has 1 amide bonds. The molecule has 140 valence electrons. The van der Waals surface area contributed by atoms with Crippen LogP contribution in [0.2, 0.25) is 0 Å². The Kier molecular flexibility index (Phi) is 7.01. The predicted molar refractivity (Wildman–Crippen MR) is 102 cm³/mol. The number of hydrogen-bond acceptors (Lipinski definition) is 5. The van der Waals surface area contributed by atoms with Crippen LogP contribution in [0.4, 0.5) is 5.69 Å². The van der Waals surface area contributed by atoms with E-state index in [9.17, 15) is 13.2 Å². The summed E-state index contributed by atoms with van der Waals surface area (Å²) in [5, 5.41) is 2.65. The van der Waals surface area contributed by atoms with Crippen LogP contribution in [0.5, 0.6) is 5.75 Å². The quantitative estimate of drug-likeness (QED) is 0.612. The average molecular weight is 443 g/mol. The Balaban J connectivity index is 2.31. The summed E-state index contributed by atoms with van der Waals surface area (Å²) in [6, 6.07) is 10.9. The fourth-order valence-electron chi connectivity index (χ4n) is 2.12. The van der Waals surface area contributed by atoms with Crippen LogP contribution < -0.4 is 14.8 Å². The van der Waals surface area contributed by atoms with Gasteiger partial charge in [0.05, 0.1) is 13.7 Å². The fraction of sp³-hybridized carbons (Fsp3) is 0.235. The van der Waals surface area contributed by atoms with Crippen LogP contribution in [0.25, 0.3) is 0 Å². The summed E-state index contributed by atoms with van der Waals surface area (Å²) >= 11 is 3.29. The molecule has 9 heteroatoms. The van der Waals surface area contributed by atoms with Crippen LogP contribution in [0.1, 0.15) is 10.4 Å². The highest BCUT2D eigenvalue weighted by atomic mass is 79.9. The molecule has 0 heterocycles. The van der Waals surface area contributed by atoms with Crippen molar-refractivity contribution in [3.8, 4) is 5.75 Å². The van der Waals surface area contributed by atoms with Crippen LogP contribution in [-0.2, 0) is 14.8 Å². The summed E-state index contributed by atoms with van der Waals surface area (Å²) < 4.78 is 38.8. The standard InChI is InChI=1S/C17H19BrN2O5S/c1-24-10-9-19-17(21)12-3-8-15(25-2)16(11-12)26(22,23)20-14-6-4-13(18)5-7-14/h3-8,11,20H,9-10H2,1-2H3,(H,19,21). The first-order chi connectivity index (χ1) is 12.4. The normalized spacial score (nSPS) is 11.0. The van der Waals surface area contributed by atoms with Gasteiger partial charge in [-0.25, -0.2) is 8.42 Å². The van der Waals surface area contributed by atoms with E-state index in [0.717, 1.165) is 4.47 Å². The van der Waals surface area contributed by atoms with Crippen molar-refractivity contribution >= 4 is 37.5 Å². The topological polar surface area (TPSA) is 93.7 Å². The third-order valence-corrected chi connectivity index (χ3v) is 5.33. The van der Waals surface area contributed by atoms with Crippen LogP contribution in [0.15, 0.2) is 51.8 Å². The molecule has 0 aromatic heterocycles. The summed E-state index contributed by atoms with van der Waals surface area (Å²) in [5.41, 5.74) is 0.600. The molecule has 0 atom stereocenters. The highest BCUT2D eigenvalue weighted by Crippen LogP contribution is 2.27. The minimum atomic E-state index is -3.95. The zero-order chi connectivity index (χ0) is 19.2. The second kappa shape index (κ2) is 9.02. The number of nitrogens with one attached hydrogen (secondary N) is 2. The Labute approximate surface area is 160 Å². The van der Waals surface area contributed by atoms with Gasteiger partial charge in [-0.05, 0) is 42.5 Å². The molecule has 0 bridgehead atoms. The number of halogens is 1. The van der Waals surface area contributed by atoms with Crippen LogP contribution in [0.3, 0.4) is 0 Å². The van der Waals surface area contributed by atoms with Gasteiger partial charge in [-0.3, -0.25) is 9.52 Å². The van der Waals surface area contributed by atoms with Crippen molar-refractivity contribution in [2.45, 2.75) is 4.90 Å². The number of rotatable bonds is 8. The van der Waals surface area contributed by atoms with E-state index < -0.39 is 15.9 Å². The maximum atomic E-state index is 12.7. The number of amides is 1. The molecule has 0 unspecified atom stereocenters. The Hall–Kier alpha value is -2.10. The first-order valence-corrected chi connectivity index (χ1v) is 9.88. The number of hydrogen-bond donors (Lipinski definition) is 2. The lowest BCUT2D eigenvalue weighted by molar-refractivity contribution is 0.0937. The largest absolute Gasteiger partial charge is 0.495 e. The number of methoxy groups -OCH3 is 2. The maximum absolute atomic E-state index is 12.7. The lowest BCUT2D eigenvalue weighted by atomic mass is 10.2. The molecule has 26 heavy (non-hydrogen) atoms. The minimum absolute atomic E-state index is 0.123. The third kappa shape index (κ3) is 5.20. The van der Waals surface area contributed by atoms with E-state index in [-0.39, 0.29) is 16.2 Å². The van der Waals surface area contributed by atoms with Gasteiger partial charge in [0.2, 0.25) is 0 Å². The molecule has 2 rings (SSSR count). The molecule has 0 aliphatic heterocycles. The zero-order valence-electron chi connectivity index (χ0n) is 14.3. The Morgan fingerprint density at radius 3 is 2.42 bits per heavy atom. The second-order valence-corrected chi connectivity index (χ2v) is 7.79. The number of ether oxygens (including phenoxy) is 2. The molecule has 2 aromatic carbocycles. The smallest absolute Gasteiger partial charge is 0.265 e. The first-order valence-electron chi connectivity index (χ1n) is 7.61. The molecule has 0 saturated carbocycles. The SMILES string of the molecule is COCCNC(=O)c1ccc(OC)c(S(=O)(=O)Nc2ccc(Br)cc2)c1. The van der Waals surface area contributed by atoms with Crippen molar-refractivity contribution in [1.29, 1.82) is 0 Å². The number of benzene rings is 2. The van der Waals surface area contributed by atoms with Crippen LogP contribution >= 0.6 is 15.9 Å². The highest BCUT2D eigenvalue weighted by molar-refractivity contribution is 9.10. The van der Waals surface area contributed by atoms with Gasteiger partial charge in [0.15, 0.2) is 0 Å². The minimum Gasteiger partial charge on any atom is -0.495 e. The molecule has 2 aromatic rings. The molecule has 0 fully saturated rings. The molecule has 0 spiro atoms. The van der Waals surface area contributed by atoms with Gasteiger partial charge in [-0.2, -0.15) is 0 Å². The summed E-state index contributed by atoms with van der Waals surface area (Å²) in [5.74, 6) is -0.257. The molecular formula is C17H19BrN2O5S. The fourth-order valence-corrected chi connectivity index (χ4v) is 3.64. The highest BCUT2D eigenvalue weighted by Gasteiger charge is 2.22. The molecule has 0 radical (unpaired) electrons. The van der Waals surface area contributed by atoms with Gasteiger partial charge >= 0.3 is 0 Å². The van der Waals surface area contributed by atoms with Gasteiger partial charge < -0.3 is 14.8 Å². The summed E-state index contributed by atoms with van der Waals surface area (Å²) in [6.07, 6.45) is 0. The van der Waals surface area contributed by atoms with E-state index in [1.807, 2.05) is 0 Å². The van der Waals surface area contributed by atoms with E-state index in [1.165, 1.54) is 32.4 Å². The zero-order valence-corrected chi connectivity index (χ0v) is 16.7. The van der Waals surface area contributed by atoms with Crippen molar-refractivity contribution in [3.63, 3.8) is 0 Å². The molecule has 0 saturated heterocycles. The van der Waals surface area contributed by atoms with E-state index in [2.05, 4.69) is 26.0 Å². The number of anilines is 1. The average Bonchev–Trinajstić information content (AvgIpc) is 2.63. The van der Waals surface area contributed by atoms with Gasteiger partial charge in [-0.15, -0.1) is 0 Å². The van der Waals surface area contributed by atoms with E-state index in [0.29, 0.717) is 18.8 Å². The Bertz CT molecular complexity index is 869. The second-order valence-electron chi connectivity index (χ2n) is 5.23. The van der Waals surface area contributed by atoms with Crippen molar-refractivity contribution in [3.05, 3.63) is 52.5 Å². The van der Waals surface area contributed by atoms with Gasteiger partial charge in [0.1, 0.15) is 10.6 Å². The van der Waals surface area contributed by atoms with Crippen molar-refractivity contribution in [2.75, 3.05) is 32.1 Å². The summed E-state index contributed by atoms with van der Waals surface area (Å²) in [6.45, 7) is 0.679. The summed E-state index contributed by atoms with van der Waals surface area (Å²) in [7, 11) is -1.05. The first kappa shape index (κ1) is 20.2. The molecule has 0 aliphatic carbocycles. The maximum Gasteiger partial charge on any atom is 0.265 e. The lowest BCUT2D eigenvalue weighted by Crippen LogP contribution is -2.27. The van der Waals surface area contributed by atoms with Gasteiger partial charge in [-0.1, -0.05) is 15.9 Å². The third-order valence-electron chi connectivity index (χ3n) is 3.40. The van der Waals surface area contributed by atoms with E-state index in [1.54, 1.807) is 24.3 Å². The van der Waals surface area contributed by atoms with Crippen LogP contribution in [-0.4, -0.2) is 41.7 Å². The number of carbonyl (C=O) groups is 1. The Morgan fingerprint density at radius 1 is 1.12 bits per heavy atom. The van der Waals surface area contributed by atoms with E-state index in [4.69, 9.17) is 9.47 Å². The van der Waals surface area contributed by atoms with Gasteiger partial charge in [0.25, 0.3) is 15.9 Å². The monoisotopic (exact) mass is 442 g/mol. The number of sulfonamides is 1. The van der Waals surface area contributed by atoms with Gasteiger partial charge in [0, 0.05) is 29.4 Å².